The first kappa shape index (κ1) is 65.0. The number of benzene rings is 5. The average molecular weight is 1040 g/mol. The molecule has 0 fully saturated rings. The summed E-state index contributed by atoms with van der Waals surface area (Å²) in [7, 11) is 2.09. The van der Waals surface area contributed by atoms with Gasteiger partial charge in [0, 0.05) is 0 Å². The van der Waals surface area contributed by atoms with Crippen LogP contribution in [0.4, 0.5) is 0 Å². The van der Waals surface area contributed by atoms with Gasteiger partial charge in [-0.25, -0.2) is 19.2 Å². The van der Waals surface area contributed by atoms with Gasteiger partial charge in [-0.3, -0.25) is 9.59 Å². The highest BCUT2D eigenvalue weighted by Gasteiger charge is 2.39. The smallest absolute Gasteiger partial charge is 0.351 e. The lowest BCUT2D eigenvalue weighted by molar-refractivity contribution is -0.149. The van der Waals surface area contributed by atoms with Crippen LogP contribution in [0.1, 0.15) is 52.2 Å². The molecule has 73 heavy (non-hydrogen) atoms. The molecule has 0 aliphatic carbocycles. The maximum atomic E-state index is 10.6. The van der Waals surface area contributed by atoms with Crippen molar-refractivity contribution in [2.75, 3.05) is 0 Å². The number of nitrogens with two attached hydrogens (primary N) is 8. The zero-order valence-corrected chi connectivity index (χ0v) is 39.8. The molecular weight excluding hydrogens is 976 g/mol. The minimum atomic E-state index is -2.17. The lowest BCUT2D eigenvalue weighted by Gasteiger charge is -2.25. The predicted octanol–water partition coefficient (Wildman–Crippen LogP) is -0.0826. The van der Waals surface area contributed by atoms with Crippen LogP contribution in [-0.4, -0.2) is 110 Å². The van der Waals surface area contributed by atoms with E-state index in [4.69, 9.17) is 76.5 Å². The third-order valence-electron chi connectivity index (χ3n) is 9.20. The number of aliphatic carboxylic acids is 6. The van der Waals surface area contributed by atoms with Crippen LogP contribution >= 0.6 is 9.24 Å². The van der Waals surface area contributed by atoms with Gasteiger partial charge in [0.2, 0.25) is 0 Å². The second-order valence-electron chi connectivity index (χ2n) is 14.8. The van der Waals surface area contributed by atoms with Crippen LogP contribution < -0.4 is 45.9 Å². The molecule has 5 aromatic rings. The van der Waals surface area contributed by atoms with Gasteiger partial charge in [0.25, 0.3) is 0 Å². The molecule has 7 atom stereocenters. The fourth-order valence-electron chi connectivity index (χ4n) is 4.90. The highest BCUT2D eigenvalue weighted by atomic mass is 31.0. The van der Waals surface area contributed by atoms with Crippen molar-refractivity contribution in [1.29, 1.82) is 0 Å². The molecule has 5 aromatic carbocycles. The first-order valence-corrected chi connectivity index (χ1v) is 21.4. The van der Waals surface area contributed by atoms with Gasteiger partial charge in [-0.1, -0.05) is 152 Å². The number of aliphatic hydroxyl groups excluding tert-OH is 4. The molecule has 7 unspecified atom stereocenters. The van der Waals surface area contributed by atoms with Crippen LogP contribution in [0.2, 0.25) is 0 Å². The Bertz CT molecular complexity index is 2400. The number of aliphatic hydroxyl groups is 4. The van der Waals surface area contributed by atoms with Crippen molar-refractivity contribution in [2.45, 2.75) is 47.8 Å². The second kappa shape index (κ2) is 32.8. The second-order valence-corrected chi connectivity index (χ2v) is 15.1. The molecule has 0 aliphatic heterocycles. The number of carbonyl (C=O) groups is 6. The summed E-state index contributed by atoms with van der Waals surface area (Å²) in [4.78, 5) is 62.1. The standard InChI is InChI=1S/2C9H12N2O3.2C9H11NO3.C9H9NO2.C3H6NO2P/c2*10-9(11,8(13)14)7(12)6-4-2-1-3-5-6;2*10-7(9(12)13)8(11)6-4-2-1-3-5-6;10-8(9(11)12)6-7-4-2-1-3-5-7;4-2(1-7)3(5)6/h2*1-5,7,12H,10-11H2,(H,13,14);2*1-5,7-8,11H,10H2,(H,12,13);1-6H,10H2,(H,11,12);1H,4,7H2,(H,5,6)/b;;;;8-6-;2-1+. The Hall–Kier alpha value is -7.97. The maximum absolute atomic E-state index is 10.6. The first-order valence-electron chi connectivity index (χ1n) is 20.7. The fraction of sp³-hybridized carbons (Fsp3) is 0.167. The monoisotopic (exact) mass is 1040 g/mol. The van der Waals surface area contributed by atoms with Crippen LogP contribution in [0.5, 0.6) is 0 Å². The van der Waals surface area contributed by atoms with E-state index >= 15 is 0 Å². The van der Waals surface area contributed by atoms with Crippen molar-refractivity contribution in [2.24, 2.45) is 45.9 Å². The van der Waals surface area contributed by atoms with Gasteiger partial charge >= 0.3 is 35.8 Å². The minimum Gasteiger partial charge on any atom is -0.480 e. The van der Waals surface area contributed by atoms with E-state index < -0.39 is 83.6 Å². The normalized spacial score (nSPS) is 13.5. The molecule has 0 heterocycles. The van der Waals surface area contributed by atoms with Crippen molar-refractivity contribution >= 4 is 51.1 Å². The Morgan fingerprint density at radius 3 is 0.877 bits per heavy atom. The summed E-state index contributed by atoms with van der Waals surface area (Å²) in [5, 5.41) is 88.9. The van der Waals surface area contributed by atoms with Crippen molar-refractivity contribution in [3.63, 3.8) is 0 Å². The third kappa shape index (κ3) is 23.7. The van der Waals surface area contributed by atoms with E-state index in [2.05, 4.69) is 9.24 Å². The Balaban J connectivity index is 0.000000861. The summed E-state index contributed by atoms with van der Waals surface area (Å²) in [5.74, 6) is -6.26. The van der Waals surface area contributed by atoms with Gasteiger partial charge in [-0.15, -0.1) is 9.24 Å². The number of rotatable bonds is 15. The highest BCUT2D eigenvalue weighted by molar-refractivity contribution is 7.20. The third-order valence-corrected chi connectivity index (χ3v) is 9.56. The van der Waals surface area contributed by atoms with E-state index in [0.717, 1.165) is 5.56 Å². The number of hydrogen-bond donors (Lipinski definition) is 18. The van der Waals surface area contributed by atoms with E-state index in [0.29, 0.717) is 22.3 Å². The number of carboxylic acid groups (broad SMARTS) is 6. The van der Waals surface area contributed by atoms with Gasteiger partial charge in [0.1, 0.15) is 47.9 Å². The summed E-state index contributed by atoms with van der Waals surface area (Å²) in [6, 6.07) is 39.8. The number of hydrogen-bond acceptors (Lipinski definition) is 18. The van der Waals surface area contributed by atoms with Crippen molar-refractivity contribution in [1.82, 2.24) is 0 Å². The maximum Gasteiger partial charge on any atom is 0.351 e. The zero-order valence-electron chi connectivity index (χ0n) is 38.7. The first-order chi connectivity index (χ1) is 34.0. The molecule has 26 N–H and O–H groups in total. The molecule has 5 rings (SSSR count). The molecule has 0 amide bonds. The quantitative estimate of drug-likeness (QED) is 0.0370. The van der Waals surface area contributed by atoms with Crippen LogP contribution in [0.3, 0.4) is 0 Å². The molecule has 0 aromatic heterocycles. The minimum absolute atomic E-state index is 0.148. The Labute approximate surface area is 420 Å². The van der Waals surface area contributed by atoms with Crippen LogP contribution in [-0.2, 0) is 28.8 Å². The van der Waals surface area contributed by atoms with Gasteiger partial charge < -0.3 is 96.9 Å². The SMILES string of the molecule is N/C(=C/P)C(=O)O.N/C(=C\c1ccccc1)C(=O)O.NC(C(=O)O)C(O)c1ccccc1.NC(C(=O)O)C(O)c1ccccc1.NC(N)(C(=O)O)C(O)c1ccccc1.NC(N)(C(=O)O)C(O)c1ccccc1. The van der Waals surface area contributed by atoms with Gasteiger partial charge in [0.05, 0.1) is 0 Å². The molecular formula is C48H61N8O16P. The van der Waals surface area contributed by atoms with Crippen molar-refractivity contribution < 1.29 is 79.8 Å². The Morgan fingerprint density at radius 1 is 0.425 bits per heavy atom. The summed E-state index contributed by atoms with van der Waals surface area (Å²) in [6.07, 6.45) is -3.75. The molecule has 0 saturated carbocycles. The highest BCUT2D eigenvalue weighted by Crippen LogP contribution is 2.21. The Kier molecular flexibility index (Phi) is 29.2. The lowest BCUT2D eigenvalue weighted by atomic mass is 9.98. The predicted molar refractivity (Wildman–Crippen MR) is 270 cm³/mol. The lowest BCUT2D eigenvalue weighted by Crippen LogP contribution is -2.60. The van der Waals surface area contributed by atoms with E-state index in [9.17, 15) is 49.2 Å². The van der Waals surface area contributed by atoms with Crippen LogP contribution in [0.15, 0.2) is 169 Å². The van der Waals surface area contributed by atoms with E-state index in [1.54, 1.807) is 133 Å². The zero-order chi connectivity index (χ0) is 56.1. The average Bonchev–Trinajstić information content (AvgIpc) is 3.39. The van der Waals surface area contributed by atoms with Crippen LogP contribution in [0.25, 0.3) is 6.08 Å². The van der Waals surface area contributed by atoms with Crippen molar-refractivity contribution in [3.8, 4) is 0 Å². The van der Waals surface area contributed by atoms with Gasteiger partial charge in [-0.2, -0.15) is 0 Å². The van der Waals surface area contributed by atoms with E-state index in [1.165, 1.54) is 11.9 Å². The summed E-state index contributed by atoms with van der Waals surface area (Å²) in [6.45, 7) is 0. The molecule has 0 spiro atoms. The number of carboxylic acids is 6. The largest absolute Gasteiger partial charge is 0.480 e. The summed E-state index contributed by atoms with van der Waals surface area (Å²) in [5.41, 5.74) is 39.5. The van der Waals surface area contributed by atoms with Gasteiger partial charge in [-0.05, 0) is 39.7 Å². The van der Waals surface area contributed by atoms with Crippen LogP contribution in [0, 0.1) is 0 Å². The van der Waals surface area contributed by atoms with E-state index in [-0.39, 0.29) is 11.4 Å². The fourth-order valence-corrected chi connectivity index (χ4v) is 5.05. The topological polar surface area (TPSA) is 513 Å². The molecule has 0 bridgehead atoms. The summed E-state index contributed by atoms with van der Waals surface area (Å²) < 4.78 is 0. The molecule has 0 aliphatic rings. The molecule has 0 radical (unpaired) electrons. The summed E-state index contributed by atoms with van der Waals surface area (Å²) >= 11 is 0. The molecule has 0 saturated heterocycles. The molecule has 25 heteroatoms. The molecule has 24 nitrogen and oxygen atoms in total. The molecule has 394 valence electrons. The van der Waals surface area contributed by atoms with Gasteiger partial charge in [0.15, 0.2) is 11.3 Å². The van der Waals surface area contributed by atoms with Crippen molar-refractivity contribution in [3.05, 3.63) is 197 Å². The Morgan fingerprint density at radius 2 is 0.671 bits per heavy atom. The van der Waals surface area contributed by atoms with E-state index in [1.807, 2.05) is 18.2 Å².